The topological polar surface area (TPSA) is 110 Å². The number of unbranched alkanes of at least 4 members (excludes halogenated alkanes) is 29. The summed E-state index contributed by atoms with van der Waals surface area (Å²) in [7, 11) is 0. The quantitative estimate of drug-likeness (QED) is 0.0321. The van der Waals surface area contributed by atoms with E-state index in [1.807, 2.05) is 0 Å². The number of rotatable bonds is 40. The van der Waals surface area contributed by atoms with Crippen molar-refractivity contribution >= 4 is 5.91 Å². The number of carbonyl (C=O) groups excluding carboxylic acids is 1. The van der Waals surface area contributed by atoms with Gasteiger partial charge in [-0.05, 0) is 32.1 Å². The van der Waals surface area contributed by atoms with Gasteiger partial charge in [0.05, 0.1) is 18.8 Å². The highest BCUT2D eigenvalue weighted by atomic mass is 16.3. The first-order valence-corrected chi connectivity index (χ1v) is 22.1. The lowest BCUT2D eigenvalue weighted by Gasteiger charge is -2.27. The Bertz CT molecular complexity index is 717. The van der Waals surface area contributed by atoms with Gasteiger partial charge in [0.2, 0.25) is 5.91 Å². The van der Waals surface area contributed by atoms with Gasteiger partial charge in [-0.25, -0.2) is 0 Å². The zero-order chi connectivity index (χ0) is 36.8. The molecule has 298 valence electrons. The SMILES string of the molecule is CCCC=CCCCCCCCCC[C@@H](O)[C@@H](O)[C@H](CO)NC(=O)[C@H](O)CCCCCCCCCCCCCCCCCCCCCCCC. The molecule has 0 heterocycles. The number of nitrogens with one attached hydrogen (secondary N) is 1. The van der Waals surface area contributed by atoms with Gasteiger partial charge in [0.1, 0.15) is 12.2 Å². The van der Waals surface area contributed by atoms with Gasteiger partial charge in [-0.2, -0.15) is 0 Å². The molecule has 0 unspecified atom stereocenters. The van der Waals surface area contributed by atoms with Crippen molar-refractivity contribution in [3.8, 4) is 0 Å². The number of aliphatic hydroxyl groups excluding tert-OH is 4. The van der Waals surface area contributed by atoms with E-state index in [-0.39, 0.29) is 0 Å². The van der Waals surface area contributed by atoms with Crippen molar-refractivity contribution in [3.05, 3.63) is 12.2 Å². The third kappa shape index (κ3) is 32.9. The predicted octanol–water partition coefficient (Wildman–Crippen LogP) is 11.4. The second kappa shape index (κ2) is 39.3. The Balaban J connectivity index is 3.66. The van der Waals surface area contributed by atoms with E-state index in [0.29, 0.717) is 12.8 Å². The maximum atomic E-state index is 12.5. The fraction of sp³-hybridized carbons (Fsp3) is 0.932. The molecule has 0 radical (unpaired) electrons. The van der Waals surface area contributed by atoms with Crippen LogP contribution in [0.2, 0.25) is 0 Å². The van der Waals surface area contributed by atoms with Gasteiger partial charge in [0, 0.05) is 0 Å². The number of aliphatic hydroxyl groups is 4. The minimum absolute atomic E-state index is 0.372. The molecule has 0 aliphatic heterocycles. The van der Waals surface area contributed by atoms with Crippen LogP contribution in [0.15, 0.2) is 12.2 Å². The first kappa shape index (κ1) is 49.0. The van der Waals surface area contributed by atoms with Crippen molar-refractivity contribution < 1.29 is 25.2 Å². The van der Waals surface area contributed by atoms with E-state index in [4.69, 9.17) is 0 Å². The summed E-state index contributed by atoms with van der Waals surface area (Å²) in [4.78, 5) is 12.5. The summed E-state index contributed by atoms with van der Waals surface area (Å²) in [5.74, 6) is -0.584. The Morgan fingerprint density at radius 1 is 0.480 bits per heavy atom. The van der Waals surface area contributed by atoms with Crippen LogP contribution in [-0.2, 0) is 4.79 Å². The van der Waals surface area contributed by atoms with Gasteiger partial charge in [0.15, 0.2) is 0 Å². The van der Waals surface area contributed by atoms with E-state index in [9.17, 15) is 25.2 Å². The number of allylic oxidation sites excluding steroid dienone is 2. The van der Waals surface area contributed by atoms with Crippen molar-refractivity contribution in [3.63, 3.8) is 0 Å². The summed E-state index contributed by atoms with van der Waals surface area (Å²) in [6, 6.07) is -0.983. The highest BCUT2D eigenvalue weighted by Gasteiger charge is 2.28. The molecule has 0 saturated carbocycles. The minimum Gasteiger partial charge on any atom is -0.394 e. The molecule has 0 aliphatic carbocycles. The summed E-state index contributed by atoms with van der Waals surface area (Å²) >= 11 is 0. The van der Waals surface area contributed by atoms with Crippen molar-refractivity contribution in [2.24, 2.45) is 0 Å². The fourth-order valence-electron chi connectivity index (χ4n) is 6.94. The van der Waals surface area contributed by atoms with Gasteiger partial charge in [-0.3, -0.25) is 4.79 Å². The first-order chi connectivity index (χ1) is 24.5. The van der Waals surface area contributed by atoms with Crippen LogP contribution >= 0.6 is 0 Å². The maximum absolute atomic E-state index is 12.5. The van der Waals surface area contributed by atoms with Gasteiger partial charge in [0.25, 0.3) is 0 Å². The normalized spacial score (nSPS) is 14.3. The average molecular weight is 710 g/mol. The van der Waals surface area contributed by atoms with E-state index in [0.717, 1.165) is 38.5 Å². The van der Waals surface area contributed by atoms with Crippen LogP contribution < -0.4 is 5.32 Å². The van der Waals surface area contributed by atoms with E-state index < -0.39 is 36.9 Å². The molecule has 5 N–H and O–H groups in total. The standard InChI is InChI=1S/C44H87NO5/c1-3-5-7-9-11-13-15-17-18-19-20-21-22-23-24-25-26-28-30-32-34-36-38-42(48)44(50)45-40(39-46)43(49)41(47)37-35-33-31-29-27-16-14-12-10-8-6-4-2/h8,10,40-43,46-49H,3-7,9,11-39H2,1-2H3,(H,45,50)/t40-,41+,42+,43-/m0/s1. The number of carbonyl (C=O) groups is 1. The van der Waals surface area contributed by atoms with Crippen LogP contribution in [0.4, 0.5) is 0 Å². The average Bonchev–Trinajstić information content (AvgIpc) is 3.12. The summed E-state index contributed by atoms with van der Waals surface area (Å²) in [6.45, 7) is 4.00. The van der Waals surface area contributed by atoms with Crippen LogP contribution in [0.1, 0.15) is 232 Å². The molecule has 50 heavy (non-hydrogen) atoms. The molecule has 4 atom stereocenters. The molecule has 0 aromatic heterocycles. The van der Waals surface area contributed by atoms with Crippen molar-refractivity contribution in [1.82, 2.24) is 5.32 Å². The largest absolute Gasteiger partial charge is 0.394 e. The van der Waals surface area contributed by atoms with Gasteiger partial charge in [-0.1, -0.05) is 212 Å². The molecule has 0 aromatic rings. The second-order valence-electron chi connectivity index (χ2n) is 15.4. The second-order valence-corrected chi connectivity index (χ2v) is 15.4. The zero-order valence-corrected chi connectivity index (χ0v) is 33.4. The van der Waals surface area contributed by atoms with Gasteiger partial charge in [-0.15, -0.1) is 0 Å². The number of hydrogen-bond acceptors (Lipinski definition) is 5. The predicted molar refractivity (Wildman–Crippen MR) is 215 cm³/mol. The molecule has 0 aromatic carbocycles. The monoisotopic (exact) mass is 710 g/mol. The molecular formula is C44H87NO5. The lowest BCUT2D eigenvalue weighted by atomic mass is 9.99. The number of amides is 1. The van der Waals surface area contributed by atoms with Gasteiger partial charge < -0.3 is 25.7 Å². The molecule has 0 rings (SSSR count). The minimum atomic E-state index is -1.26. The Hall–Kier alpha value is -0.950. The first-order valence-electron chi connectivity index (χ1n) is 22.1. The Morgan fingerprint density at radius 2 is 0.840 bits per heavy atom. The Kier molecular flexibility index (Phi) is 38.5. The van der Waals surface area contributed by atoms with E-state index in [2.05, 4.69) is 31.3 Å². The molecular weight excluding hydrogens is 622 g/mol. The van der Waals surface area contributed by atoms with Crippen LogP contribution in [0.3, 0.4) is 0 Å². The van der Waals surface area contributed by atoms with Crippen LogP contribution in [0.5, 0.6) is 0 Å². The van der Waals surface area contributed by atoms with Gasteiger partial charge >= 0.3 is 0 Å². The highest BCUT2D eigenvalue weighted by molar-refractivity contribution is 5.80. The fourth-order valence-corrected chi connectivity index (χ4v) is 6.94. The molecule has 0 fully saturated rings. The lowest BCUT2D eigenvalue weighted by Crippen LogP contribution is -2.53. The van der Waals surface area contributed by atoms with E-state index in [1.165, 1.54) is 167 Å². The van der Waals surface area contributed by atoms with Crippen LogP contribution in [0.25, 0.3) is 0 Å². The lowest BCUT2D eigenvalue weighted by molar-refractivity contribution is -0.132. The maximum Gasteiger partial charge on any atom is 0.249 e. The smallest absolute Gasteiger partial charge is 0.249 e. The van der Waals surface area contributed by atoms with Crippen molar-refractivity contribution in [1.29, 1.82) is 0 Å². The molecule has 6 heteroatoms. The summed E-state index contributed by atoms with van der Waals surface area (Å²) < 4.78 is 0. The number of hydrogen-bond donors (Lipinski definition) is 5. The third-order valence-corrected chi connectivity index (χ3v) is 10.5. The molecule has 6 nitrogen and oxygen atoms in total. The van der Waals surface area contributed by atoms with E-state index in [1.54, 1.807) is 0 Å². The van der Waals surface area contributed by atoms with Crippen LogP contribution in [-0.4, -0.2) is 57.3 Å². The molecule has 1 amide bonds. The molecule has 0 bridgehead atoms. The summed E-state index contributed by atoms with van der Waals surface area (Å²) in [5, 5.41) is 43.6. The van der Waals surface area contributed by atoms with E-state index >= 15 is 0 Å². The Labute approximate surface area is 311 Å². The Morgan fingerprint density at radius 3 is 1.24 bits per heavy atom. The zero-order valence-electron chi connectivity index (χ0n) is 33.4. The van der Waals surface area contributed by atoms with Crippen molar-refractivity contribution in [2.75, 3.05) is 6.61 Å². The molecule has 0 spiro atoms. The highest BCUT2D eigenvalue weighted by Crippen LogP contribution is 2.17. The van der Waals surface area contributed by atoms with Crippen molar-refractivity contribution in [2.45, 2.75) is 257 Å². The summed E-state index contributed by atoms with van der Waals surface area (Å²) in [6.07, 6.45) is 42.5. The third-order valence-electron chi connectivity index (χ3n) is 10.5. The summed E-state index contributed by atoms with van der Waals surface area (Å²) in [5.41, 5.74) is 0. The molecule has 0 saturated heterocycles. The molecule has 0 aliphatic rings. The van der Waals surface area contributed by atoms with Crippen LogP contribution in [0, 0.1) is 0 Å².